The third-order valence-electron chi connectivity index (χ3n) is 4.18. The van der Waals surface area contributed by atoms with Crippen molar-refractivity contribution in [2.24, 2.45) is 0 Å². The molecule has 0 unspecified atom stereocenters. The molecule has 4 N–H and O–H groups in total. The topological polar surface area (TPSA) is 78.1 Å². The van der Waals surface area contributed by atoms with Gasteiger partial charge in [-0.2, -0.15) is 0 Å². The summed E-state index contributed by atoms with van der Waals surface area (Å²) in [6.45, 7) is 5.82. The summed E-state index contributed by atoms with van der Waals surface area (Å²) in [7, 11) is 0. The number of aryl methyl sites for hydroxylation is 1. The van der Waals surface area contributed by atoms with Crippen molar-refractivity contribution in [2.75, 3.05) is 10.6 Å². The Bertz CT molecular complexity index is 952. The standard InChI is InChI=1S/C19H21N5OS2/c1-11-7-6-9-14(12(11)2)21-18(26)24-23-17(25)13(3)20-19-22-15-8-4-5-10-16(15)27-19/h4-10,13H,1-3H3,(H,20,22)(H,23,25)(H2,21,24,26)/t13-/m1/s1. The van der Waals surface area contributed by atoms with Gasteiger partial charge in [0.15, 0.2) is 10.2 Å². The summed E-state index contributed by atoms with van der Waals surface area (Å²) in [6, 6.07) is 13.3. The number of hydrogen-bond donors (Lipinski definition) is 4. The summed E-state index contributed by atoms with van der Waals surface area (Å²) in [4.78, 5) is 16.8. The summed E-state index contributed by atoms with van der Waals surface area (Å²) in [6.07, 6.45) is 0. The van der Waals surface area contributed by atoms with E-state index in [0.29, 0.717) is 10.2 Å². The number of anilines is 2. The molecule has 3 aromatic rings. The largest absolute Gasteiger partial charge is 0.350 e. The lowest BCUT2D eigenvalue weighted by molar-refractivity contribution is -0.122. The van der Waals surface area contributed by atoms with Crippen LogP contribution in [-0.4, -0.2) is 22.0 Å². The van der Waals surface area contributed by atoms with E-state index in [2.05, 4.69) is 26.5 Å². The number of hydrazine groups is 1. The number of fused-ring (bicyclic) bond motifs is 1. The molecule has 0 saturated heterocycles. The van der Waals surface area contributed by atoms with Crippen molar-refractivity contribution in [1.29, 1.82) is 0 Å². The van der Waals surface area contributed by atoms with Crippen LogP contribution in [0.15, 0.2) is 42.5 Å². The zero-order chi connectivity index (χ0) is 19.4. The fourth-order valence-electron chi connectivity index (χ4n) is 2.45. The highest BCUT2D eigenvalue weighted by atomic mass is 32.1. The van der Waals surface area contributed by atoms with Crippen molar-refractivity contribution in [2.45, 2.75) is 26.8 Å². The van der Waals surface area contributed by atoms with Crippen LogP contribution in [0.1, 0.15) is 18.1 Å². The molecule has 1 heterocycles. The van der Waals surface area contributed by atoms with Gasteiger partial charge in [0.2, 0.25) is 0 Å². The second kappa shape index (κ2) is 8.32. The maximum Gasteiger partial charge on any atom is 0.260 e. The second-order valence-electron chi connectivity index (χ2n) is 6.17. The minimum atomic E-state index is -0.471. The van der Waals surface area contributed by atoms with Gasteiger partial charge >= 0.3 is 0 Å². The number of aromatic nitrogens is 1. The Kier molecular flexibility index (Phi) is 5.88. The van der Waals surface area contributed by atoms with Gasteiger partial charge < -0.3 is 10.6 Å². The number of thiazole rings is 1. The van der Waals surface area contributed by atoms with Gasteiger partial charge in [-0.15, -0.1) is 0 Å². The van der Waals surface area contributed by atoms with E-state index in [1.165, 1.54) is 16.9 Å². The van der Waals surface area contributed by atoms with Crippen LogP contribution in [0.2, 0.25) is 0 Å². The first-order chi connectivity index (χ1) is 12.9. The lowest BCUT2D eigenvalue weighted by Gasteiger charge is -2.17. The van der Waals surface area contributed by atoms with Crippen molar-refractivity contribution in [3.05, 3.63) is 53.6 Å². The molecule has 0 aliphatic heterocycles. The summed E-state index contributed by atoms with van der Waals surface area (Å²) in [5, 5.41) is 7.23. The van der Waals surface area contributed by atoms with E-state index in [1.807, 2.05) is 56.3 Å². The molecule has 0 fully saturated rings. The number of thiocarbonyl (C=S) groups is 1. The number of carbonyl (C=O) groups excluding carboxylic acids is 1. The monoisotopic (exact) mass is 399 g/mol. The molecular weight excluding hydrogens is 378 g/mol. The van der Waals surface area contributed by atoms with Gasteiger partial charge in [0.05, 0.1) is 10.2 Å². The number of para-hydroxylation sites is 1. The molecule has 8 heteroatoms. The molecule has 0 radical (unpaired) electrons. The molecule has 0 aliphatic carbocycles. The molecule has 1 atom stereocenters. The number of nitrogens with one attached hydrogen (secondary N) is 4. The Morgan fingerprint density at radius 3 is 2.67 bits per heavy atom. The van der Waals surface area contributed by atoms with Gasteiger partial charge in [0.1, 0.15) is 6.04 Å². The average molecular weight is 400 g/mol. The fraction of sp³-hybridized carbons (Fsp3) is 0.211. The van der Waals surface area contributed by atoms with Gasteiger partial charge in [0, 0.05) is 5.69 Å². The van der Waals surface area contributed by atoms with Crippen molar-refractivity contribution >= 4 is 55.6 Å². The van der Waals surface area contributed by atoms with Crippen LogP contribution < -0.4 is 21.5 Å². The third kappa shape index (κ3) is 4.72. The first kappa shape index (κ1) is 19.1. The smallest absolute Gasteiger partial charge is 0.260 e. The van der Waals surface area contributed by atoms with E-state index in [-0.39, 0.29) is 5.91 Å². The lowest BCUT2D eigenvalue weighted by atomic mass is 10.1. The molecule has 0 bridgehead atoms. The summed E-state index contributed by atoms with van der Waals surface area (Å²) < 4.78 is 1.07. The molecule has 27 heavy (non-hydrogen) atoms. The number of benzene rings is 2. The molecule has 0 spiro atoms. The summed E-state index contributed by atoms with van der Waals surface area (Å²) >= 11 is 6.76. The van der Waals surface area contributed by atoms with Crippen molar-refractivity contribution in [3.8, 4) is 0 Å². The lowest BCUT2D eigenvalue weighted by Crippen LogP contribution is -2.49. The van der Waals surface area contributed by atoms with Crippen LogP contribution in [-0.2, 0) is 4.79 Å². The maximum atomic E-state index is 12.3. The highest BCUT2D eigenvalue weighted by Gasteiger charge is 2.15. The van der Waals surface area contributed by atoms with Crippen molar-refractivity contribution in [3.63, 3.8) is 0 Å². The summed E-state index contributed by atoms with van der Waals surface area (Å²) in [5.74, 6) is -0.237. The predicted molar refractivity (Wildman–Crippen MR) is 116 cm³/mol. The SMILES string of the molecule is Cc1cccc(NC(=S)NNC(=O)[C@@H](C)Nc2nc3ccccc3s2)c1C. The molecule has 0 saturated carbocycles. The molecule has 2 aromatic carbocycles. The number of amides is 1. The van der Waals surface area contributed by atoms with Gasteiger partial charge in [0.25, 0.3) is 5.91 Å². The average Bonchev–Trinajstić information content (AvgIpc) is 3.05. The van der Waals surface area contributed by atoms with E-state index in [9.17, 15) is 4.79 Å². The van der Waals surface area contributed by atoms with Gasteiger partial charge in [-0.1, -0.05) is 35.6 Å². The van der Waals surface area contributed by atoms with E-state index in [1.54, 1.807) is 6.92 Å². The fourth-order valence-corrected chi connectivity index (χ4v) is 3.57. The first-order valence-electron chi connectivity index (χ1n) is 8.49. The van der Waals surface area contributed by atoms with E-state index >= 15 is 0 Å². The Morgan fingerprint density at radius 1 is 1.11 bits per heavy atom. The van der Waals surface area contributed by atoms with Gasteiger partial charge in [-0.3, -0.25) is 15.6 Å². The Morgan fingerprint density at radius 2 is 1.89 bits per heavy atom. The van der Waals surface area contributed by atoms with Crippen molar-refractivity contribution < 1.29 is 4.79 Å². The van der Waals surface area contributed by atoms with Crippen LogP contribution in [0.4, 0.5) is 10.8 Å². The highest BCUT2D eigenvalue weighted by Crippen LogP contribution is 2.25. The van der Waals surface area contributed by atoms with Gasteiger partial charge in [-0.25, -0.2) is 4.98 Å². The number of carbonyl (C=O) groups is 1. The zero-order valence-electron chi connectivity index (χ0n) is 15.3. The number of rotatable bonds is 4. The van der Waals surface area contributed by atoms with E-state index in [0.717, 1.165) is 21.5 Å². The number of nitrogens with zero attached hydrogens (tertiary/aromatic N) is 1. The minimum Gasteiger partial charge on any atom is -0.350 e. The molecule has 1 aromatic heterocycles. The Hall–Kier alpha value is -2.71. The van der Waals surface area contributed by atoms with Crippen LogP contribution in [0.3, 0.4) is 0 Å². The molecule has 1 amide bonds. The molecule has 0 aliphatic rings. The first-order valence-corrected chi connectivity index (χ1v) is 9.71. The zero-order valence-corrected chi connectivity index (χ0v) is 16.9. The quantitative estimate of drug-likeness (QED) is 0.396. The maximum absolute atomic E-state index is 12.3. The molecule has 140 valence electrons. The Labute approximate surface area is 167 Å². The van der Waals surface area contributed by atoms with Crippen LogP contribution >= 0.6 is 23.6 Å². The Balaban J connectivity index is 1.52. The highest BCUT2D eigenvalue weighted by molar-refractivity contribution is 7.80. The molecular formula is C19H21N5OS2. The van der Waals surface area contributed by atoms with Crippen LogP contribution in [0.5, 0.6) is 0 Å². The van der Waals surface area contributed by atoms with E-state index in [4.69, 9.17) is 12.2 Å². The van der Waals surface area contributed by atoms with Crippen molar-refractivity contribution in [1.82, 2.24) is 15.8 Å². The van der Waals surface area contributed by atoms with Crippen LogP contribution in [0.25, 0.3) is 10.2 Å². The van der Waals surface area contributed by atoms with Gasteiger partial charge in [-0.05, 0) is 62.3 Å². The number of hydrogen-bond acceptors (Lipinski definition) is 5. The normalized spacial score (nSPS) is 11.7. The molecule has 6 nitrogen and oxygen atoms in total. The molecule has 3 rings (SSSR count). The minimum absolute atomic E-state index is 0.237. The summed E-state index contributed by atoms with van der Waals surface area (Å²) in [5.41, 5.74) is 9.44. The second-order valence-corrected chi connectivity index (χ2v) is 7.61. The predicted octanol–water partition coefficient (Wildman–Crippen LogP) is 3.73. The third-order valence-corrected chi connectivity index (χ3v) is 5.35. The van der Waals surface area contributed by atoms with E-state index < -0.39 is 6.04 Å². The van der Waals surface area contributed by atoms with Crippen LogP contribution in [0, 0.1) is 13.8 Å².